The van der Waals surface area contributed by atoms with Crippen molar-refractivity contribution in [2.75, 3.05) is 7.11 Å². The zero-order valence-electron chi connectivity index (χ0n) is 13.0. The molecule has 1 saturated carbocycles. The summed E-state index contributed by atoms with van der Waals surface area (Å²) >= 11 is 0. The van der Waals surface area contributed by atoms with Gasteiger partial charge in [-0.1, -0.05) is 18.2 Å². The maximum Gasteiger partial charge on any atom is 0.122 e. The molecule has 2 N–H and O–H groups in total. The Bertz CT molecular complexity index is 600. The molecule has 5 heteroatoms. The summed E-state index contributed by atoms with van der Waals surface area (Å²) in [6.45, 7) is 2.16. The smallest absolute Gasteiger partial charge is 0.122 e. The van der Waals surface area contributed by atoms with Gasteiger partial charge in [0, 0.05) is 24.5 Å². The molecule has 0 saturated heterocycles. The van der Waals surface area contributed by atoms with Crippen molar-refractivity contribution in [3.63, 3.8) is 0 Å². The van der Waals surface area contributed by atoms with Crippen molar-refractivity contribution in [3.05, 3.63) is 48.3 Å². The molecule has 1 fully saturated rings. The first-order valence-corrected chi connectivity index (χ1v) is 7.74. The Kier molecular flexibility index (Phi) is 4.45. The van der Waals surface area contributed by atoms with Crippen molar-refractivity contribution < 1.29 is 9.84 Å². The first kappa shape index (κ1) is 15.1. The lowest BCUT2D eigenvalue weighted by atomic mass is 9.82. The third-order valence-electron chi connectivity index (χ3n) is 4.35. The van der Waals surface area contributed by atoms with Crippen LogP contribution in [0.15, 0.2) is 42.7 Å². The molecule has 3 rings (SSSR count). The van der Waals surface area contributed by atoms with Crippen molar-refractivity contribution in [1.82, 2.24) is 15.1 Å². The second kappa shape index (κ2) is 6.50. The van der Waals surface area contributed by atoms with E-state index in [1.54, 1.807) is 13.3 Å². The topological polar surface area (TPSA) is 59.3 Å². The molecule has 1 heterocycles. The van der Waals surface area contributed by atoms with Crippen molar-refractivity contribution in [2.45, 2.75) is 44.0 Å². The first-order valence-electron chi connectivity index (χ1n) is 7.74. The van der Waals surface area contributed by atoms with Gasteiger partial charge in [0.25, 0.3) is 0 Å². The summed E-state index contributed by atoms with van der Waals surface area (Å²) in [5.74, 6) is 0.924. The van der Waals surface area contributed by atoms with E-state index < -0.39 is 0 Å². The molecule has 1 unspecified atom stereocenters. The van der Waals surface area contributed by atoms with Crippen molar-refractivity contribution in [1.29, 1.82) is 0 Å². The van der Waals surface area contributed by atoms with Gasteiger partial charge in [-0.3, -0.25) is 4.68 Å². The fraction of sp³-hybridized carbons (Fsp3) is 0.471. The largest absolute Gasteiger partial charge is 0.496 e. The van der Waals surface area contributed by atoms with Gasteiger partial charge in [-0.25, -0.2) is 0 Å². The van der Waals surface area contributed by atoms with Crippen molar-refractivity contribution in [3.8, 4) is 5.75 Å². The number of aliphatic hydroxyl groups excluding tert-OH is 1. The average Bonchev–Trinajstić information content (AvgIpc) is 3.00. The lowest BCUT2D eigenvalue weighted by Gasteiger charge is -2.43. The SMILES string of the molecule is COc1ccccc1CC(C)N[C@H]1C[C@@H](O)[C@@H]1n1cccn1. The van der Waals surface area contributed by atoms with Gasteiger partial charge in [-0.05, 0) is 37.5 Å². The Morgan fingerprint density at radius 1 is 1.41 bits per heavy atom. The van der Waals surface area contributed by atoms with Crippen LogP contribution in [-0.2, 0) is 6.42 Å². The molecule has 4 atom stereocenters. The van der Waals surface area contributed by atoms with Gasteiger partial charge in [-0.2, -0.15) is 5.10 Å². The van der Waals surface area contributed by atoms with Crippen LogP contribution in [0.1, 0.15) is 24.9 Å². The third kappa shape index (κ3) is 3.00. The van der Waals surface area contributed by atoms with Crippen LogP contribution in [0, 0.1) is 0 Å². The van der Waals surface area contributed by atoms with E-state index in [-0.39, 0.29) is 18.2 Å². The van der Waals surface area contributed by atoms with Crippen LogP contribution in [0.2, 0.25) is 0 Å². The van der Waals surface area contributed by atoms with Crippen molar-refractivity contribution in [2.24, 2.45) is 0 Å². The highest BCUT2D eigenvalue weighted by atomic mass is 16.5. The summed E-state index contributed by atoms with van der Waals surface area (Å²) < 4.78 is 7.26. The molecule has 0 radical (unpaired) electrons. The lowest BCUT2D eigenvalue weighted by Crippen LogP contribution is -2.56. The number of aliphatic hydroxyl groups is 1. The highest BCUT2D eigenvalue weighted by molar-refractivity contribution is 5.33. The van der Waals surface area contributed by atoms with E-state index in [1.807, 2.05) is 35.1 Å². The van der Waals surface area contributed by atoms with E-state index in [2.05, 4.69) is 23.4 Å². The maximum atomic E-state index is 10.0. The minimum Gasteiger partial charge on any atom is -0.496 e. The molecule has 1 aromatic carbocycles. The molecule has 1 aromatic heterocycles. The second-order valence-corrected chi connectivity index (χ2v) is 5.97. The number of hydrogen-bond donors (Lipinski definition) is 2. The summed E-state index contributed by atoms with van der Waals surface area (Å²) in [6, 6.07) is 10.6. The summed E-state index contributed by atoms with van der Waals surface area (Å²) in [5.41, 5.74) is 1.19. The molecule has 0 bridgehead atoms. The van der Waals surface area contributed by atoms with Crippen LogP contribution in [-0.4, -0.2) is 40.2 Å². The molecule has 118 valence electrons. The van der Waals surface area contributed by atoms with Gasteiger partial charge in [0.2, 0.25) is 0 Å². The van der Waals surface area contributed by atoms with E-state index in [1.165, 1.54) is 5.56 Å². The van der Waals surface area contributed by atoms with Gasteiger partial charge >= 0.3 is 0 Å². The summed E-state index contributed by atoms with van der Waals surface area (Å²) in [5, 5.41) is 17.9. The number of aromatic nitrogens is 2. The zero-order valence-corrected chi connectivity index (χ0v) is 13.0. The van der Waals surface area contributed by atoms with Crippen LogP contribution < -0.4 is 10.1 Å². The fourth-order valence-electron chi connectivity index (χ4n) is 3.22. The fourth-order valence-corrected chi connectivity index (χ4v) is 3.22. The Morgan fingerprint density at radius 3 is 2.91 bits per heavy atom. The average molecular weight is 301 g/mol. The molecule has 0 spiro atoms. The van der Waals surface area contributed by atoms with Crippen LogP contribution in [0.3, 0.4) is 0 Å². The van der Waals surface area contributed by atoms with Crippen LogP contribution in [0.4, 0.5) is 0 Å². The predicted octanol–water partition coefficient (Wildman–Crippen LogP) is 1.79. The third-order valence-corrected chi connectivity index (χ3v) is 4.35. The number of nitrogens with one attached hydrogen (secondary N) is 1. The molecule has 5 nitrogen and oxygen atoms in total. The van der Waals surface area contributed by atoms with E-state index in [9.17, 15) is 5.11 Å². The Labute approximate surface area is 130 Å². The number of benzene rings is 1. The molecule has 1 aliphatic carbocycles. The second-order valence-electron chi connectivity index (χ2n) is 5.97. The number of nitrogens with zero attached hydrogens (tertiary/aromatic N) is 2. The van der Waals surface area contributed by atoms with Crippen LogP contribution in [0.25, 0.3) is 0 Å². The van der Waals surface area contributed by atoms with Gasteiger partial charge in [0.1, 0.15) is 5.75 Å². The van der Waals surface area contributed by atoms with Gasteiger partial charge in [0.15, 0.2) is 0 Å². The van der Waals surface area contributed by atoms with Gasteiger partial charge < -0.3 is 15.2 Å². The Hall–Kier alpha value is -1.85. The molecular formula is C17H23N3O2. The number of rotatable bonds is 6. The molecule has 0 amide bonds. The number of ether oxygens (including phenoxy) is 1. The first-order chi connectivity index (χ1) is 10.7. The molecule has 22 heavy (non-hydrogen) atoms. The van der Waals surface area contributed by atoms with E-state index in [0.29, 0.717) is 6.04 Å². The maximum absolute atomic E-state index is 10.0. The molecule has 1 aliphatic rings. The van der Waals surface area contributed by atoms with Gasteiger partial charge in [-0.15, -0.1) is 0 Å². The van der Waals surface area contributed by atoms with Gasteiger partial charge in [0.05, 0.1) is 19.3 Å². The van der Waals surface area contributed by atoms with E-state index in [4.69, 9.17) is 4.74 Å². The normalized spacial score (nSPS) is 25.5. The quantitative estimate of drug-likeness (QED) is 0.854. The standard InChI is InChI=1S/C17H23N3O2/c1-12(10-13-6-3-4-7-16(13)22-2)19-14-11-15(21)17(14)20-9-5-8-18-20/h3-9,12,14-15,17,19,21H,10-11H2,1-2H3/t12?,14-,15+,17+/m0/s1. The van der Waals surface area contributed by atoms with Crippen LogP contribution in [0.5, 0.6) is 5.75 Å². The molecule has 2 aromatic rings. The molecular weight excluding hydrogens is 278 g/mol. The molecule has 0 aliphatic heterocycles. The van der Waals surface area contributed by atoms with Crippen LogP contribution >= 0.6 is 0 Å². The zero-order chi connectivity index (χ0) is 15.5. The minimum absolute atomic E-state index is 0.0233. The highest BCUT2D eigenvalue weighted by Crippen LogP contribution is 2.33. The predicted molar refractivity (Wildman–Crippen MR) is 85.0 cm³/mol. The number of methoxy groups -OCH3 is 1. The lowest BCUT2D eigenvalue weighted by molar-refractivity contribution is -0.0109. The van der Waals surface area contributed by atoms with E-state index >= 15 is 0 Å². The monoisotopic (exact) mass is 301 g/mol. The van der Waals surface area contributed by atoms with Crippen molar-refractivity contribution >= 4 is 0 Å². The Morgan fingerprint density at radius 2 is 2.23 bits per heavy atom. The summed E-state index contributed by atoms with van der Waals surface area (Å²) in [7, 11) is 1.70. The highest BCUT2D eigenvalue weighted by Gasteiger charge is 2.42. The number of hydrogen-bond acceptors (Lipinski definition) is 4. The minimum atomic E-state index is -0.323. The summed E-state index contributed by atoms with van der Waals surface area (Å²) in [4.78, 5) is 0. The Balaban J connectivity index is 1.61. The number of para-hydroxylation sites is 1. The summed E-state index contributed by atoms with van der Waals surface area (Å²) in [6.07, 6.45) is 4.99. The van der Waals surface area contributed by atoms with E-state index in [0.717, 1.165) is 18.6 Å².